The van der Waals surface area contributed by atoms with Gasteiger partial charge in [0.1, 0.15) is 16.8 Å². The zero-order chi connectivity index (χ0) is 13.7. The lowest BCUT2D eigenvalue weighted by Crippen LogP contribution is -2.14. The Balaban J connectivity index is 2.40. The molecule has 98 valence electrons. The van der Waals surface area contributed by atoms with E-state index in [9.17, 15) is 8.42 Å². The third-order valence-corrected chi connectivity index (χ3v) is 3.63. The van der Waals surface area contributed by atoms with Crippen LogP contribution in [0.1, 0.15) is 5.56 Å². The second-order valence-corrected chi connectivity index (χ2v) is 5.17. The first-order chi connectivity index (χ1) is 9.13. The predicted molar refractivity (Wildman–Crippen MR) is 69.7 cm³/mol. The van der Waals surface area contributed by atoms with E-state index < -0.39 is 10.0 Å². The first kappa shape index (κ1) is 13.1. The van der Waals surface area contributed by atoms with Gasteiger partial charge in [0.05, 0.1) is 12.7 Å². The molecule has 0 aliphatic carbocycles. The summed E-state index contributed by atoms with van der Waals surface area (Å²) in [5.41, 5.74) is 5.92. The molecule has 0 bridgehead atoms. The summed E-state index contributed by atoms with van der Waals surface area (Å²) in [6, 6.07) is 6.41. The molecule has 1 aromatic carbocycles. The Hall–Kier alpha value is -2.30. The van der Waals surface area contributed by atoms with Gasteiger partial charge in [0, 0.05) is 5.56 Å². The van der Waals surface area contributed by atoms with E-state index >= 15 is 0 Å². The summed E-state index contributed by atoms with van der Waals surface area (Å²) in [5, 5.41) is 3.43. The van der Waals surface area contributed by atoms with Gasteiger partial charge in [0.15, 0.2) is 0 Å². The van der Waals surface area contributed by atoms with Gasteiger partial charge in [-0.25, -0.2) is 8.42 Å². The number of benzene rings is 1. The Morgan fingerprint density at radius 3 is 2.84 bits per heavy atom. The monoisotopic (exact) mass is 277 g/mol. The van der Waals surface area contributed by atoms with E-state index in [4.69, 9.17) is 5.73 Å². The second-order valence-electron chi connectivity index (χ2n) is 3.52. The van der Waals surface area contributed by atoms with Crippen LogP contribution in [0, 0.1) is 11.8 Å². The lowest BCUT2D eigenvalue weighted by molar-refractivity contribution is 0.420. The fourth-order valence-corrected chi connectivity index (χ4v) is 2.60. The maximum Gasteiger partial charge on any atom is 0.263 e. The third kappa shape index (κ3) is 3.13. The van der Waals surface area contributed by atoms with E-state index in [0.717, 1.165) is 0 Å². The minimum Gasteiger partial charge on any atom is -0.362 e. The minimum absolute atomic E-state index is 0.0807. The molecule has 6 nitrogen and oxygen atoms in total. The van der Waals surface area contributed by atoms with Crippen LogP contribution in [0.5, 0.6) is 0 Å². The summed E-state index contributed by atoms with van der Waals surface area (Å²) in [6.45, 7) is 0.160. The lowest BCUT2D eigenvalue weighted by atomic mass is 10.2. The molecule has 0 atom stereocenters. The van der Waals surface area contributed by atoms with Crippen molar-refractivity contribution >= 4 is 15.7 Å². The molecule has 0 fully saturated rings. The summed E-state index contributed by atoms with van der Waals surface area (Å²) in [7, 11) is -3.74. The lowest BCUT2D eigenvalue weighted by Gasteiger charge is -2.07. The molecule has 0 aliphatic rings. The molecule has 0 unspecified atom stereocenters. The molecule has 0 radical (unpaired) electrons. The molecule has 19 heavy (non-hydrogen) atoms. The maximum atomic E-state index is 12.2. The zero-order valence-electron chi connectivity index (χ0n) is 9.83. The van der Waals surface area contributed by atoms with Crippen molar-refractivity contribution in [3.8, 4) is 11.8 Å². The van der Waals surface area contributed by atoms with Gasteiger partial charge in [-0.3, -0.25) is 4.72 Å². The van der Waals surface area contributed by atoms with Crippen LogP contribution in [0.3, 0.4) is 0 Å². The fourth-order valence-electron chi connectivity index (χ4n) is 1.42. The van der Waals surface area contributed by atoms with Gasteiger partial charge < -0.3 is 10.3 Å². The highest BCUT2D eigenvalue weighted by Gasteiger charge is 2.18. The number of hydrogen-bond donors (Lipinski definition) is 2. The van der Waals surface area contributed by atoms with Gasteiger partial charge in [0.2, 0.25) is 0 Å². The Bertz CT molecular complexity index is 712. The van der Waals surface area contributed by atoms with Crippen molar-refractivity contribution in [3.05, 3.63) is 42.3 Å². The van der Waals surface area contributed by atoms with Gasteiger partial charge >= 0.3 is 0 Å². The highest BCUT2D eigenvalue weighted by molar-refractivity contribution is 7.92. The maximum absolute atomic E-state index is 12.2. The molecule has 7 heteroatoms. The number of aromatic nitrogens is 1. The molecule has 0 aliphatic heterocycles. The van der Waals surface area contributed by atoms with Gasteiger partial charge in [-0.15, -0.1) is 0 Å². The van der Waals surface area contributed by atoms with Crippen LogP contribution >= 0.6 is 0 Å². The van der Waals surface area contributed by atoms with E-state index in [2.05, 4.69) is 26.2 Å². The Morgan fingerprint density at radius 1 is 1.37 bits per heavy atom. The molecular formula is C12H11N3O3S. The van der Waals surface area contributed by atoms with E-state index in [1.807, 2.05) is 0 Å². The average Bonchev–Trinajstić information content (AvgIpc) is 2.88. The van der Waals surface area contributed by atoms with Crippen LogP contribution in [0.2, 0.25) is 0 Å². The van der Waals surface area contributed by atoms with E-state index in [1.54, 1.807) is 18.2 Å². The van der Waals surface area contributed by atoms with Gasteiger partial charge in [0.25, 0.3) is 10.0 Å². The third-order valence-electron chi connectivity index (χ3n) is 2.19. The van der Waals surface area contributed by atoms with Gasteiger partial charge in [-0.2, -0.15) is 0 Å². The van der Waals surface area contributed by atoms with Crippen molar-refractivity contribution in [1.82, 2.24) is 5.16 Å². The summed E-state index contributed by atoms with van der Waals surface area (Å²) in [6.07, 6.45) is 2.47. The summed E-state index contributed by atoms with van der Waals surface area (Å²) < 4.78 is 31.3. The number of rotatable bonds is 3. The Morgan fingerprint density at radius 2 is 2.16 bits per heavy atom. The molecule has 1 aromatic heterocycles. The standard InChI is InChI=1S/C12H11N3O3S/c13-7-3-5-10-4-1-2-6-12(10)19(16,17)15-11-8-14-18-9-11/h1-2,4,6,8-9,15H,7,13H2. The predicted octanol–water partition coefficient (Wildman–Crippen LogP) is 0.786. The number of nitrogens with two attached hydrogens (primary N) is 1. The van der Waals surface area contributed by atoms with E-state index in [0.29, 0.717) is 5.56 Å². The van der Waals surface area contributed by atoms with Crippen LogP contribution in [0.4, 0.5) is 5.69 Å². The van der Waals surface area contributed by atoms with Crippen molar-refractivity contribution in [2.75, 3.05) is 11.3 Å². The number of hydrogen-bond acceptors (Lipinski definition) is 5. The Labute approximate surface area is 110 Å². The smallest absolute Gasteiger partial charge is 0.263 e. The first-order valence-electron chi connectivity index (χ1n) is 5.33. The number of sulfonamides is 1. The highest BCUT2D eigenvalue weighted by atomic mass is 32.2. The molecule has 1 heterocycles. The minimum atomic E-state index is -3.74. The normalized spacial score (nSPS) is 10.6. The van der Waals surface area contributed by atoms with Gasteiger partial charge in [-0.05, 0) is 12.1 Å². The van der Waals surface area contributed by atoms with E-state index in [1.165, 1.54) is 18.5 Å². The van der Waals surface area contributed by atoms with Crippen molar-refractivity contribution in [1.29, 1.82) is 0 Å². The summed E-state index contributed by atoms with van der Waals surface area (Å²) >= 11 is 0. The molecule has 0 spiro atoms. The number of nitrogens with one attached hydrogen (secondary N) is 1. The molecule has 3 N–H and O–H groups in total. The van der Waals surface area contributed by atoms with Crippen LogP contribution in [0.15, 0.2) is 46.1 Å². The average molecular weight is 277 g/mol. The summed E-state index contributed by atoms with van der Waals surface area (Å²) in [4.78, 5) is 0.0807. The van der Waals surface area contributed by atoms with Crippen LogP contribution in [-0.2, 0) is 10.0 Å². The van der Waals surface area contributed by atoms with Crippen molar-refractivity contribution in [2.24, 2.45) is 5.73 Å². The van der Waals surface area contributed by atoms with Crippen molar-refractivity contribution < 1.29 is 12.9 Å². The largest absolute Gasteiger partial charge is 0.362 e. The van der Waals surface area contributed by atoms with Gasteiger partial charge in [-0.1, -0.05) is 29.1 Å². The number of nitrogens with zero attached hydrogens (tertiary/aromatic N) is 1. The quantitative estimate of drug-likeness (QED) is 0.808. The Kier molecular flexibility index (Phi) is 3.85. The molecule has 2 rings (SSSR count). The zero-order valence-corrected chi connectivity index (χ0v) is 10.6. The van der Waals surface area contributed by atoms with E-state index in [-0.39, 0.29) is 17.1 Å². The molecule has 0 saturated carbocycles. The molecule has 2 aromatic rings. The molecule has 0 amide bonds. The SMILES string of the molecule is NCC#Cc1ccccc1S(=O)(=O)Nc1cnoc1. The van der Waals surface area contributed by atoms with Crippen molar-refractivity contribution in [3.63, 3.8) is 0 Å². The van der Waals surface area contributed by atoms with Crippen LogP contribution < -0.4 is 10.5 Å². The fraction of sp³-hybridized carbons (Fsp3) is 0.0833. The number of anilines is 1. The van der Waals surface area contributed by atoms with Crippen LogP contribution in [-0.4, -0.2) is 20.1 Å². The summed E-state index contributed by atoms with van der Waals surface area (Å²) in [5.74, 6) is 5.36. The topological polar surface area (TPSA) is 98.2 Å². The molecule has 0 saturated heterocycles. The second kappa shape index (κ2) is 5.56. The van der Waals surface area contributed by atoms with Crippen molar-refractivity contribution in [2.45, 2.75) is 4.90 Å². The van der Waals surface area contributed by atoms with Crippen LogP contribution in [0.25, 0.3) is 0 Å². The highest BCUT2D eigenvalue weighted by Crippen LogP contribution is 2.18. The first-order valence-corrected chi connectivity index (χ1v) is 6.82. The molecular weight excluding hydrogens is 266 g/mol.